The van der Waals surface area contributed by atoms with E-state index in [1.54, 1.807) is 0 Å². The first-order chi connectivity index (χ1) is 7.10. The van der Waals surface area contributed by atoms with Crippen LogP contribution in [0.5, 0.6) is 0 Å². The summed E-state index contributed by atoms with van der Waals surface area (Å²) in [7, 11) is 1.95. The van der Waals surface area contributed by atoms with Gasteiger partial charge in [-0.3, -0.25) is 0 Å². The summed E-state index contributed by atoms with van der Waals surface area (Å²) >= 11 is 0. The summed E-state index contributed by atoms with van der Waals surface area (Å²) in [5.74, 6) is 0. The van der Waals surface area contributed by atoms with Gasteiger partial charge in [-0.15, -0.1) is 0 Å². The first-order valence-corrected chi connectivity index (χ1v) is 5.23. The zero-order valence-corrected chi connectivity index (χ0v) is 9.85. The molecule has 1 aromatic carbocycles. The van der Waals surface area contributed by atoms with Gasteiger partial charge >= 0.3 is 0 Å². The average molecular weight is 204 g/mol. The molecule has 82 valence electrons. The van der Waals surface area contributed by atoms with Crippen LogP contribution in [0.25, 0.3) is 5.57 Å². The summed E-state index contributed by atoms with van der Waals surface area (Å²) in [6.45, 7) is 9.60. The lowest BCUT2D eigenvalue weighted by Gasteiger charge is -2.13. The molecule has 2 nitrogen and oxygen atoms in total. The summed E-state index contributed by atoms with van der Waals surface area (Å²) in [5.41, 5.74) is 11.8. The normalized spacial score (nSPS) is 10.4. The molecular weight excluding hydrogens is 184 g/mol. The molecule has 0 spiro atoms. The van der Waals surface area contributed by atoms with Crippen LogP contribution in [0.4, 0.5) is 0 Å². The average Bonchev–Trinajstić information content (AvgIpc) is 2.20. The van der Waals surface area contributed by atoms with E-state index in [0.717, 1.165) is 12.1 Å². The fraction of sp³-hybridized carbons (Fsp3) is 0.385. The number of hydrogen-bond donors (Lipinski definition) is 2. The highest BCUT2D eigenvalue weighted by Crippen LogP contribution is 2.22. The van der Waals surface area contributed by atoms with Crippen LogP contribution >= 0.6 is 0 Å². The first kappa shape index (κ1) is 12.0. The van der Waals surface area contributed by atoms with Gasteiger partial charge in [0, 0.05) is 13.1 Å². The highest BCUT2D eigenvalue weighted by molar-refractivity contribution is 5.66. The van der Waals surface area contributed by atoms with Crippen molar-refractivity contribution < 1.29 is 0 Å². The minimum absolute atomic E-state index is 0.587. The van der Waals surface area contributed by atoms with Crippen LogP contribution in [-0.2, 0) is 13.1 Å². The minimum atomic E-state index is 0.587. The van der Waals surface area contributed by atoms with E-state index in [1.165, 1.54) is 22.3 Å². The van der Waals surface area contributed by atoms with E-state index in [4.69, 9.17) is 5.73 Å². The maximum atomic E-state index is 5.73. The van der Waals surface area contributed by atoms with Crippen LogP contribution in [-0.4, -0.2) is 7.05 Å². The topological polar surface area (TPSA) is 38.0 Å². The lowest BCUT2D eigenvalue weighted by atomic mass is 9.95. The molecule has 0 saturated heterocycles. The standard InChI is InChI=1S/C13H20N2/c1-9(2)13-6-11(8-15-4)5-12(7-14)10(13)3/h5-6,15H,1,7-8,14H2,2-4H3. The van der Waals surface area contributed by atoms with Crippen molar-refractivity contribution in [3.8, 4) is 0 Å². The monoisotopic (exact) mass is 204 g/mol. The Morgan fingerprint density at radius 1 is 1.47 bits per heavy atom. The molecule has 1 rings (SSSR count). The van der Waals surface area contributed by atoms with Crippen LogP contribution in [0, 0.1) is 6.92 Å². The van der Waals surface area contributed by atoms with Gasteiger partial charge in [0.2, 0.25) is 0 Å². The zero-order valence-electron chi connectivity index (χ0n) is 9.85. The van der Waals surface area contributed by atoms with Gasteiger partial charge in [0.15, 0.2) is 0 Å². The number of nitrogens with two attached hydrogens (primary N) is 1. The number of nitrogens with one attached hydrogen (secondary N) is 1. The van der Waals surface area contributed by atoms with Crippen LogP contribution < -0.4 is 11.1 Å². The quantitative estimate of drug-likeness (QED) is 0.789. The Kier molecular flexibility index (Phi) is 4.06. The van der Waals surface area contributed by atoms with Crippen molar-refractivity contribution >= 4 is 5.57 Å². The van der Waals surface area contributed by atoms with Gasteiger partial charge in [-0.1, -0.05) is 18.2 Å². The molecule has 0 fully saturated rings. The van der Waals surface area contributed by atoms with Crippen molar-refractivity contribution in [2.24, 2.45) is 5.73 Å². The smallest absolute Gasteiger partial charge is 0.0202 e. The fourth-order valence-electron chi connectivity index (χ4n) is 1.80. The fourth-order valence-corrected chi connectivity index (χ4v) is 1.80. The highest BCUT2D eigenvalue weighted by atomic mass is 14.8. The first-order valence-electron chi connectivity index (χ1n) is 5.23. The molecular formula is C13H20N2. The van der Waals surface area contributed by atoms with Crippen molar-refractivity contribution in [2.75, 3.05) is 7.05 Å². The third-order valence-corrected chi connectivity index (χ3v) is 2.64. The summed E-state index contributed by atoms with van der Waals surface area (Å²) in [4.78, 5) is 0. The molecule has 2 heteroatoms. The van der Waals surface area contributed by atoms with E-state index in [0.29, 0.717) is 6.54 Å². The van der Waals surface area contributed by atoms with Gasteiger partial charge in [-0.05, 0) is 49.2 Å². The maximum Gasteiger partial charge on any atom is 0.0202 e. The van der Waals surface area contributed by atoms with Gasteiger partial charge in [0.1, 0.15) is 0 Å². The summed E-state index contributed by atoms with van der Waals surface area (Å²) < 4.78 is 0. The van der Waals surface area contributed by atoms with E-state index in [9.17, 15) is 0 Å². The second kappa shape index (κ2) is 5.10. The number of allylic oxidation sites excluding steroid dienone is 1. The zero-order chi connectivity index (χ0) is 11.4. The van der Waals surface area contributed by atoms with E-state index < -0.39 is 0 Å². The molecule has 0 aliphatic carbocycles. The molecule has 0 atom stereocenters. The molecule has 1 aromatic rings. The Balaban J connectivity index is 3.25. The molecule has 0 aromatic heterocycles. The predicted octanol–water partition coefficient (Wildman–Crippen LogP) is 2.21. The van der Waals surface area contributed by atoms with Gasteiger partial charge in [-0.2, -0.15) is 0 Å². The Bertz CT molecular complexity index is 367. The van der Waals surface area contributed by atoms with Crippen LogP contribution in [0.3, 0.4) is 0 Å². The van der Waals surface area contributed by atoms with Gasteiger partial charge < -0.3 is 11.1 Å². The second-order valence-electron chi connectivity index (χ2n) is 3.94. The second-order valence-corrected chi connectivity index (χ2v) is 3.94. The van der Waals surface area contributed by atoms with Crippen molar-refractivity contribution in [1.29, 1.82) is 0 Å². The van der Waals surface area contributed by atoms with Gasteiger partial charge in [0.25, 0.3) is 0 Å². The number of benzene rings is 1. The molecule has 0 radical (unpaired) electrons. The van der Waals surface area contributed by atoms with E-state index in [-0.39, 0.29) is 0 Å². The molecule has 0 heterocycles. The van der Waals surface area contributed by atoms with Crippen LogP contribution in [0.2, 0.25) is 0 Å². The predicted molar refractivity (Wildman–Crippen MR) is 66.5 cm³/mol. The molecule has 0 bridgehead atoms. The Hall–Kier alpha value is -1.12. The molecule has 3 N–H and O–H groups in total. The maximum absolute atomic E-state index is 5.73. The van der Waals surface area contributed by atoms with Crippen LogP contribution in [0.1, 0.15) is 29.2 Å². The minimum Gasteiger partial charge on any atom is -0.326 e. The summed E-state index contributed by atoms with van der Waals surface area (Å²) in [5, 5.41) is 3.15. The molecule has 0 amide bonds. The third-order valence-electron chi connectivity index (χ3n) is 2.64. The number of hydrogen-bond acceptors (Lipinski definition) is 2. The van der Waals surface area contributed by atoms with Crippen molar-refractivity contribution in [1.82, 2.24) is 5.32 Å². The molecule has 0 saturated carbocycles. The SMILES string of the molecule is C=C(C)c1cc(CNC)cc(CN)c1C. The molecule has 0 aliphatic heterocycles. The van der Waals surface area contributed by atoms with Crippen molar-refractivity contribution in [2.45, 2.75) is 26.9 Å². The lowest BCUT2D eigenvalue weighted by Crippen LogP contribution is -2.08. The Morgan fingerprint density at radius 3 is 2.60 bits per heavy atom. The lowest BCUT2D eigenvalue weighted by molar-refractivity contribution is 0.814. The molecule has 0 aliphatic rings. The van der Waals surface area contributed by atoms with Crippen LogP contribution in [0.15, 0.2) is 18.7 Å². The summed E-state index contributed by atoms with van der Waals surface area (Å²) in [6, 6.07) is 4.35. The van der Waals surface area contributed by atoms with Crippen molar-refractivity contribution in [3.63, 3.8) is 0 Å². The third kappa shape index (κ3) is 2.67. The molecule has 15 heavy (non-hydrogen) atoms. The Labute approximate surface area is 92.2 Å². The number of rotatable bonds is 4. The summed E-state index contributed by atoms with van der Waals surface area (Å²) in [6.07, 6.45) is 0. The van der Waals surface area contributed by atoms with Crippen molar-refractivity contribution in [3.05, 3.63) is 41.0 Å². The van der Waals surface area contributed by atoms with E-state index in [1.807, 2.05) is 14.0 Å². The van der Waals surface area contributed by atoms with Gasteiger partial charge in [0.05, 0.1) is 0 Å². The largest absolute Gasteiger partial charge is 0.326 e. The Morgan fingerprint density at radius 2 is 2.13 bits per heavy atom. The van der Waals surface area contributed by atoms with Gasteiger partial charge in [-0.25, -0.2) is 0 Å². The van der Waals surface area contributed by atoms with E-state index >= 15 is 0 Å². The molecule has 0 unspecified atom stereocenters. The van der Waals surface area contributed by atoms with E-state index in [2.05, 4.69) is 31.0 Å². The highest BCUT2D eigenvalue weighted by Gasteiger charge is 2.06.